The average molecular weight is 473 g/mol. The van der Waals surface area contributed by atoms with E-state index in [4.69, 9.17) is 15.9 Å². The largest absolute Gasteiger partial charge is 0.481 e. The normalized spacial score (nSPS) is 21.4. The Morgan fingerprint density at radius 3 is 2.74 bits per heavy atom. The highest BCUT2D eigenvalue weighted by Gasteiger charge is 2.58. The van der Waals surface area contributed by atoms with Crippen LogP contribution in [-0.4, -0.2) is 46.9 Å². The third kappa shape index (κ3) is 4.25. The Bertz CT molecular complexity index is 1200. The molecular weight excluding hydrogens is 444 g/mol. The predicted octanol–water partition coefficient (Wildman–Crippen LogP) is 3.65. The molecule has 1 aliphatic heterocycles. The average Bonchev–Trinajstić information content (AvgIpc) is 3.62. The third-order valence-electron chi connectivity index (χ3n) is 7.26. The molecule has 35 heavy (non-hydrogen) atoms. The van der Waals surface area contributed by atoms with Crippen LogP contribution in [0.2, 0.25) is 0 Å². The van der Waals surface area contributed by atoms with E-state index in [1.54, 1.807) is 17.0 Å². The van der Waals surface area contributed by atoms with Crippen LogP contribution in [0.1, 0.15) is 42.9 Å². The molecular formula is C28H28N2O5. The van der Waals surface area contributed by atoms with Gasteiger partial charge in [0.25, 0.3) is 5.91 Å². The maximum absolute atomic E-state index is 13.5. The molecule has 0 radical (unpaired) electrons. The molecule has 1 heterocycles. The number of nitrogens with zero attached hydrogens (tertiary/aromatic N) is 2. The standard InChI is InChI=1S/C28H28N2O5/c1-3-15-34-23-11-12-24-22(16-23)13-14-28(24)26(32)30(27(33)35-28)18-25(31)29(19(2)21-9-10-21)17-20-7-5-4-6-8-20/h1,4-8,11-12,16,19,21H,9-10,13-15,17-18H2,2H3. The number of hydrogen-bond donors (Lipinski definition) is 0. The quantitative estimate of drug-likeness (QED) is 0.549. The van der Waals surface area contributed by atoms with Crippen molar-refractivity contribution in [3.05, 3.63) is 65.2 Å². The molecule has 2 aromatic rings. The van der Waals surface area contributed by atoms with Gasteiger partial charge in [0.1, 0.15) is 18.9 Å². The second-order valence-corrected chi connectivity index (χ2v) is 9.48. The summed E-state index contributed by atoms with van der Waals surface area (Å²) in [5.74, 6) is 2.74. The zero-order chi connectivity index (χ0) is 24.6. The number of imide groups is 1. The van der Waals surface area contributed by atoms with Gasteiger partial charge in [-0.25, -0.2) is 9.69 Å². The SMILES string of the molecule is C#CCOc1ccc2c(c1)CCC21OC(=O)N(CC(=O)N(Cc2ccccc2)C(C)C2CC2)C1=O. The zero-order valence-corrected chi connectivity index (χ0v) is 19.7. The molecule has 2 aromatic carbocycles. The number of fused-ring (bicyclic) bond motifs is 2. The Morgan fingerprint density at radius 2 is 2.03 bits per heavy atom. The molecule has 0 N–H and O–H groups in total. The van der Waals surface area contributed by atoms with E-state index >= 15 is 0 Å². The fraction of sp³-hybridized carbons (Fsp3) is 0.393. The molecule has 2 atom stereocenters. The Labute approximate surface area is 205 Å². The van der Waals surface area contributed by atoms with Crippen LogP contribution in [0.5, 0.6) is 5.75 Å². The minimum absolute atomic E-state index is 0.0269. The van der Waals surface area contributed by atoms with E-state index < -0.39 is 17.6 Å². The monoisotopic (exact) mass is 472 g/mol. The van der Waals surface area contributed by atoms with E-state index in [-0.39, 0.29) is 25.1 Å². The topological polar surface area (TPSA) is 76.2 Å². The number of ether oxygens (including phenoxy) is 2. The highest BCUT2D eigenvalue weighted by molar-refractivity contribution is 6.06. The number of carbonyl (C=O) groups excluding carboxylic acids is 3. The fourth-order valence-electron chi connectivity index (χ4n) is 5.14. The fourth-order valence-corrected chi connectivity index (χ4v) is 5.14. The highest BCUT2D eigenvalue weighted by atomic mass is 16.6. The van der Waals surface area contributed by atoms with Crippen molar-refractivity contribution in [1.29, 1.82) is 0 Å². The van der Waals surface area contributed by atoms with Gasteiger partial charge >= 0.3 is 6.09 Å². The zero-order valence-electron chi connectivity index (χ0n) is 19.7. The molecule has 5 rings (SSSR count). The summed E-state index contributed by atoms with van der Waals surface area (Å²) in [4.78, 5) is 42.6. The molecule has 1 saturated heterocycles. The Balaban J connectivity index is 1.35. The highest BCUT2D eigenvalue weighted by Crippen LogP contribution is 2.46. The van der Waals surface area contributed by atoms with Crippen LogP contribution in [-0.2, 0) is 32.9 Å². The molecule has 1 spiro atoms. The number of terminal acetylenes is 1. The predicted molar refractivity (Wildman–Crippen MR) is 128 cm³/mol. The van der Waals surface area contributed by atoms with Crippen LogP contribution < -0.4 is 4.74 Å². The first-order valence-corrected chi connectivity index (χ1v) is 12.0. The maximum Gasteiger partial charge on any atom is 0.418 e. The van der Waals surface area contributed by atoms with Gasteiger partial charge in [-0.05, 0) is 55.4 Å². The van der Waals surface area contributed by atoms with E-state index in [1.165, 1.54) is 0 Å². The van der Waals surface area contributed by atoms with Crippen LogP contribution in [0.25, 0.3) is 0 Å². The van der Waals surface area contributed by atoms with Gasteiger partial charge < -0.3 is 14.4 Å². The number of carbonyl (C=O) groups is 3. The summed E-state index contributed by atoms with van der Waals surface area (Å²) >= 11 is 0. The molecule has 0 bridgehead atoms. The van der Waals surface area contributed by atoms with Crippen molar-refractivity contribution in [2.45, 2.75) is 50.8 Å². The molecule has 1 saturated carbocycles. The minimum Gasteiger partial charge on any atom is -0.481 e. The van der Waals surface area contributed by atoms with Crippen LogP contribution >= 0.6 is 0 Å². The van der Waals surface area contributed by atoms with Crippen molar-refractivity contribution in [2.75, 3.05) is 13.2 Å². The van der Waals surface area contributed by atoms with E-state index in [0.29, 0.717) is 36.6 Å². The van der Waals surface area contributed by atoms with Gasteiger partial charge in [0.05, 0.1) is 0 Å². The van der Waals surface area contributed by atoms with Crippen molar-refractivity contribution in [2.24, 2.45) is 5.92 Å². The first-order valence-electron chi connectivity index (χ1n) is 12.0. The van der Waals surface area contributed by atoms with Gasteiger partial charge in [-0.1, -0.05) is 42.3 Å². The summed E-state index contributed by atoms with van der Waals surface area (Å²) in [6.45, 7) is 2.29. The molecule has 180 valence electrons. The number of aryl methyl sites for hydroxylation is 1. The van der Waals surface area contributed by atoms with E-state index in [0.717, 1.165) is 28.9 Å². The van der Waals surface area contributed by atoms with Crippen molar-refractivity contribution in [3.63, 3.8) is 0 Å². The smallest absolute Gasteiger partial charge is 0.418 e. The number of hydrogen-bond acceptors (Lipinski definition) is 5. The molecule has 7 nitrogen and oxygen atoms in total. The van der Waals surface area contributed by atoms with Gasteiger partial charge in [-0.2, -0.15) is 0 Å². The lowest BCUT2D eigenvalue weighted by molar-refractivity contribution is -0.143. The Hall–Kier alpha value is -3.79. The summed E-state index contributed by atoms with van der Waals surface area (Å²) in [5, 5.41) is 0. The third-order valence-corrected chi connectivity index (χ3v) is 7.26. The second-order valence-electron chi connectivity index (χ2n) is 9.48. The van der Waals surface area contributed by atoms with Crippen molar-refractivity contribution in [3.8, 4) is 18.1 Å². The summed E-state index contributed by atoms with van der Waals surface area (Å²) < 4.78 is 11.2. The molecule has 0 aromatic heterocycles. The van der Waals surface area contributed by atoms with E-state index in [1.807, 2.05) is 43.3 Å². The van der Waals surface area contributed by atoms with Gasteiger partial charge in [-0.15, -0.1) is 6.42 Å². The van der Waals surface area contributed by atoms with Crippen molar-refractivity contribution in [1.82, 2.24) is 9.80 Å². The van der Waals surface area contributed by atoms with E-state index in [9.17, 15) is 14.4 Å². The van der Waals surface area contributed by atoms with Gasteiger partial charge in [0.15, 0.2) is 0 Å². The van der Waals surface area contributed by atoms with Gasteiger partial charge in [0.2, 0.25) is 11.5 Å². The van der Waals surface area contributed by atoms with Gasteiger partial charge in [0, 0.05) is 24.6 Å². The lowest BCUT2D eigenvalue weighted by Crippen LogP contribution is -2.47. The van der Waals surface area contributed by atoms with Crippen LogP contribution in [0.4, 0.5) is 4.79 Å². The van der Waals surface area contributed by atoms with Crippen LogP contribution in [0.3, 0.4) is 0 Å². The second kappa shape index (κ2) is 9.10. The van der Waals surface area contributed by atoms with Crippen LogP contribution in [0, 0.1) is 18.3 Å². The molecule has 3 aliphatic rings. The molecule has 2 unspecified atom stereocenters. The summed E-state index contributed by atoms with van der Waals surface area (Å²) in [6, 6.07) is 15.1. The first-order chi connectivity index (χ1) is 16.9. The molecule has 2 fully saturated rings. The van der Waals surface area contributed by atoms with Gasteiger partial charge in [-0.3, -0.25) is 9.59 Å². The number of amides is 3. The lowest BCUT2D eigenvalue weighted by atomic mass is 9.95. The lowest BCUT2D eigenvalue weighted by Gasteiger charge is -2.30. The molecule has 2 aliphatic carbocycles. The van der Waals surface area contributed by atoms with Crippen LogP contribution in [0.15, 0.2) is 48.5 Å². The summed E-state index contributed by atoms with van der Waals surface area (Å²) in [6.07, 6.45) is 7.54. The van der Waals surface area contributed by atoms with Crippen molar-refractivity contribution < 1.29 is 23.9 Å². The maximum atomic E-state index is 13.5. The Kier molecular flexibility index (Phi) is 5.98. The summed E-state index contributed by atoms with van der Waals surface area (Å²) in [5.41, 5.74) is 1.14. The van der Waals surface area contributed by atoms with Crippen molar-refractivity contribution >= 4 is 17.9 Å². The van der Waals surface area contributed by atoms with E-state index in [2.05, 4.69) is 5.92 Å². The first kappa shape index (κ1) is 23.0. The summed E-state index contributed by atoms with van der Waals surface area (Å²) in [7, 11) is 0. The molecule has 7 heteroatoms. The minimum atomic E-state index is -1.39. The molecule has 3 amide bonds. The number of rotatable bonds is 8. The number of benzene rings is 2. The Morgan fingerprint density at radius 1 is 1.26 bits per heavy atom.